The van der Waals surface area contributed by atoms with Crippen LogP contribution >= 0.6 is 11.6 Å². The summed E-state index contributed by atoms with van der Waals surface area (Å²) >= 11 is 5.97. The van der Waals surface area contributed by atoms with E-state index >= 15 is 0 Å². The number of aryl methyl sites for hydroxylation is 2. The maximum absolute atomic E-state index is 12.8. The van der Waals surface area contributed by atoms with E-state index in [2.05, 4.69) is 5.32 Å². The first-order valence-electron chi connectivity index (χ1n) is 9.03. The van der Waals surface area contributed by atoms with Crippen molar-refractivity contribution in [3.63, 3.8) is 0 Å². The summed E-state index contributed by atoms with van der Waals surface area (Å²) in [6.07, 6.45) is 0. The molecule has 3 amide bonds. The average molecular weight is 405 g/mol. The summed E-state index contributed by atoms with van der Waals surface area (Å²) in [5.41, 5.74) is 3.83. The molecule has 1 N–H and O–H groups in total. The highest BCUT2D eigenvalue weighted by Crippen LogP contribution is 2.33. The fraction of sp³-hybridized carbons (Fsp3) is 0.0870. The molecule has 3 aromatic carbocycles. The van der Waals surface area contributed by atoms with Crippen LogP contribution < -0.4 is 10.2 Å². The first-order chi connectivity index (χ1) is 13.9. The third-order valence-electron chi connectivity index (χ3n) is 4.93. The van der Waals surface area contributed by atoms with E-state index in [0.29, 0.717) is 38.7 Å². The molecule has 6 heteroatoms. The standard InChI is InChI=1S/C23H17ClN2O3/c1-13-5-3-4-6-17(13)21(27)25-16-8-10-20(14(2)11-16)26-22(28)18-9-7-15(24)12-19(18)23(26)29/h3-12H,1-2H3,(H,25,27). The van der Waals surface area contributed by atoms with Crippen LogP contribution in [0.3, 0.4) is 0 Å². The van der Waals surface area contributed by atoms with Gasteiger partial charge in [0.1, 0.15) is 0 Å². The number of amides is 3. The second-order valence-electron chi connectivity index (χ2n) is 6.91. The van der Waals surface area contributed by atoms with Crippen LogP contribution in [0.1, 0.15) is 42.2 Å². The number of imide groups is 1. The second kappa shape index (κ2) is 7.18. The monoisotopic (exact) mass is 404 g/mol. The summed E-state index contributed by atoms with van der Waals surface area (Å²) < 4.78 is 0. The van der Waals surface area contributed by atoms with Crippen molar-refractivity contribution < 1.29 is 14.4 Å². The molecular formula is C23H17ClN2O3. The van der Waals surface area contributed by atoms with Crippen molar-refractivity contribution in [2.75, 3.05) is 10.2 Å². The molecule has 5 nitrogen and oxygen atoms in total. The molecule has 0 spiro atoms. The number of anilines is 2. The Balaban J connectivity index is 1.62. The van der Waals surface area contributed by atoms with E-state index in [-0.39, 0.29) is 11.8 Å². The van der Waals surface area contributed by atoms with Crippen LogP contribution in [-0.4, -0.2) is 17.7 Å². The number of hydrogen-bond donors (Lipinski definition) is 1. The fourth-order valence-electron chi connectivity index (χ4n) is 3.44. The van der Waals surface area contributed by atoms with E-state index in [1.54, 1.807) is 43.3 Å². The lowest BCUT2D eigenvalue weighted by atomic mass is 10.1. The Morgan fingerprint density at radius 1 is 0.862 bits per heavy atom. The van der Waals surface area contributed by atoms with Crippen molar-refractivity contribution in [3.8, 4) is 0 Å². The molecule has 144 valence electrons. The molecule has 4 rings (SSSR count). The summed E-state index contributed by atoms with van der Waals surface area (Å²) in [4.78, 5) is 39.2. The predicted octanol–water partition coefficient (Wildman–Crippen LogP) is 5.01. The Morgan fingerprint density at radius 3 is 2.31 bits per heavy atom. The van der Waals surface area contributed by atoms with E-state index in [4.69, 9.17) is 11.6 Å². The molecule has 3 aromatic rings. The third kappa shape index (κ3) is 3.30. The number of carbonyl (C=O) groups excluding carboxylic acids is 3. The third-order valence-corrected chi connectivity index (χ3v) is 5.17. The summed E-state index contributed by atoms with van der Waals surface area (Å²) in [6.45, 7) is 3.66. The minimum Gasteiger partial charge on any atom is -0.322 e. The van der Waals surface area contributed by atoms with E-state index in [1.165, 1.54) is 6.07 Å². The van der Waals surface area contributed by atoms with Gasteiger partial charge >= 0.3 is 0 Å². The van der Waals surface area contributed by atoms with Gasteiger partial charge in [-0.2, -0.15) is 0 Å². The summed E-state index contributed by atoms with van der Waals surface area (Å²) in [5, 5.41) is 3.26. The van der Waals surface area contributed by atoms with Crippen LogP contribution in [0.5, 0.6) is 0 Å². The normalized spacial score (nSPS) is 12.9. The van der Waals surface area contributed by atoms with Gasteiger partial charge in [-0.1, -0.05) is 29.8 Å². The van der Waals surface area contributed by atoms with Gasteiger partial charge in [-0.15, -0.1) is 0 Å². The van der Waals surface area contributed by atoms with Gasteiger partial charge in [-0.05, 0) is 67.4 Å². The number of benzene rings is 3. The second-order valence-corrected chi connectivity index (χ2v) is 7.34. The van der Waals surface area contributed by atoms with Gasteiger partial charge in [0, 0.05) is 16.3 Å². The molecular weight excluding hydrogens is 388 g/mol. The number of nitrogens with zero attached hydrogens (tertiary/aromatic N) is 1. The van der Waals surface area contributed by atoms with Gasteiger partial charge in [0.25, 0.3) is 17.7 Å². The SMILES string of the molecule is Cc1ccccc1C(=O)Nc1ccc(N2C(=O)c3ccc(Cl)cc3C2=O)c(C)c1. The van der Waals surface area contributed by atoms with Gasteiger partial charge in [0.05, 0.1) is 16.8 Å². The lowest BCUT2D eigenvalue weighted by Crippen LogP contribution is -2.30. The highest BCUT2D eigenvalue weighted by atomic mass is 35.5. The topological polar surface area (TPSA) is 66.5 Å². The Hall–Kier alpha value is -3.44. The number of rotatable bonds is 3. The van der Waals surface area contributed by atoms with Crippen molar-refractivity contribution in [1.29, 1.82) is 0 Å². The molecule has 0 unspecified atom stereocenters. The van der Waals surface area contributed by atoms with E-state index in [1.807, 2.05) is 25.1 Å². The minimum atomic E-state index is -0.410. The van der Waals surface area contributed by atoms with Crippen LogP contribution in [0.25, 0.3) is 0 Å². The first-order valence-corrected chi connectivity index (χ1v) is 9.40. The Bertz CT molecular complexity index is 1190. The molecule has 0 radical (unpaired) electrons. The lowest BCUT2D eigenvalue weighted by Gasteiger charge is -2.18. The predicted molar refractivity (Wildman–Crippen MR) is 113 cm³/mol. The van der Waals surface area contributed by atoms with Crippen molar-refractivity contribution >= 4 is 40.7 Å². The van der Waals surface area contributed by atoms with Crippen molar-refractivity contribution in [2.24, 2.45) is 0 Å². The van der Waals surface area contributed by atoms with Gasteiger partial charge in [0.2, 0.25) is 0 Å². The molecule has 1 heterocycles. The number of hydrogen-bond acceptors (Lipinski definition) is 3. The molecule has 0 aromatic heterocycles. The molecule has 0 saturated carbocycles. The summed E-state index contributed by atoms with van der Waals surface area (Å²) in [6, 6.07) is 17.0. The molecule has 0 bridgehead atoms. The van der Waals surface area contributed by atoms with Gasteiger partial charge in [-0.3, -0.25) is 14.4 Å². The summed E-state index contributed by atoms with van der Waals surface area (Å²) in [7, 11) is 0. The zero-order chi connectivity index (χ0) is 20.7. The van der Waals surface area contributed by atoms with Crippen molar-refractivity contribution in [2.45, 2.75) is 13.8 Å². The number of nitrogens with one attached hydrogen (secondary N) is 1. The Labute approximate surface area is 172 Å². The van der Waals surface area contributed by atoms with Crippen molar-refractivity contribution in [1.82, 2.24) is 0 Å². The fourth-order valence-corrected chi connectivity index (χ4v) is 3.61. The largest absolute Gasteiger partial charge is 0.322 e. The van der Waals surface area contributed by atoms with Crippen LogP contribution in [0.4, 0.5) is 11.4 Å². The van der Waals surface area contributed by atoms with E-state index in [9.17, 15) is 14.4 Å². The molecule has 1 aliphatic rings. The quantitative estimate of drug-likeness (QED) is 0.624. The minimum absolute atomic E-state index is 0.217. The van der Waals surface area contributed by atoms with Crippen LogP contribution in [0.15, 0.2) is 60.7 Å². The number of carbonyl (C=O) groups is 3. The highest BCUT2D eigenvalue weighted by molar-refractivity contribution is 6.37. The number of halogens is 1. The van der Waals surface area contributed by atoms with Gasteiger partial charge in [-0.25, -0.2) is 4.90 Å². The average Bonchev–Trinajstić information content (AvgIpc) is 2.92. The molecule has 1 aliphatic heterocycles. The van der Waals surface area contributed by atoms with Gasteiger partial charge in [0.15, 0.2) is 0 Å². The highest BCUT2D eigenvalue weighted by Gasteiger charge is 2.37. The maximum atomic E-state index is 12.8. The molecule has 0 saturated heterocycles. The van der Waals surface area contributed by atoms with Crippen LogP contribution in [0, 0.1) is 13.8 Å². The van der Waals surface area contributed by atoms with Crippen LogP contribution in [-0.2, 0) is 0 Å². The Morgan fingerprint density at radius 2 is 1.59 bits per heavy atom. The molecule has 29 heavy (non-hydrogen) atoms. The smallest absolute Gasteiger partial charge is 0.266 e. The lowest BCUT2D eigenvalue weighted by molar-refractivity contribution is 0.0924. The zero-order valence-corrected chi connectivity index (χ0v) is 16.6. The van der Waals surface area contributed by atoms with Gasteiger partial charge < -0.3 is 5.32 Å². The number of fused-ring (bicyclic) bond motifs is 1. The summed E-state index contributed by atoms with van der Waals surface area (Å²) in [5.74, 6) is -1.01. The molecule has 0 atom stereocenters. The van der Waals surface area contributed by atoms with Crippen LogP contribution in [0.2, 0.25) is 5.02 Å². The zero-order valence-electron chi connectivity index (χ0n) is 15.8. The molecule has 0 fully saturated rings. The van der Waals surface area contributed by atoms with Crippen molar-refractivity contribution in [3.05, 3.63) is 93.5 Å². The van der Waals surface area contributed by atoms with E-state index < -0.39 is 5.91 Å². The first kappa shape index (κ1) is 18.9. The van der Waals surface area contributed by atoms with E-state index in [0.717, 1.165) is 10.5 Å². The Kier molecular flexibility index (Phi) is 4.68. The maximum Gasteiger partial charge on any atom is 0.266 e. The molecule has 0 aliphatic carbocycles.